The van der Waals surface area contributed by atoms with Crippen molar-refractivity contribution in [1.82, 2.24) is 4.72 Å². The van der Waals surface area contributed by atoms with Gasteiger partial charge in [0.2, 0.25) is 0 Å². The van der Waals surface area contributed by atoms with Crippen LogP contribution in [0.15, 0.2) is 10.3 Å². The van der Waals surface area contributed by atoms with Crippen LogP contribution in [0.4, 0.5) is 0 Å². The summed E-state index contributed by atoms with van der Waals surface area (Å²) in [5.41, 5.74) is 0.650. The van der Waals surface area contributed by atoms with E-state index in [2.05, 4.69) is 0 Å². The lowest BCUT2D eigenvalue weighted by molar-refractivity contribution is -0.135. The van der Waals surface area contributed by atoms with E-state index in [9.17, 15) is 13.2 Å². The molecule has 0 amide bonds. The van der Waals surface area contributed by atoms with E-state index in [1.165, 1.54) is 6.07 Å². The number of aliphatic carboxylic acids is 1. The fourth-order valence-electron chi connectivity index (χ4n) is 0.792. The van der Waals surface area contributed by atoms with E-state index >= 15 is 0 Å². The van der Waals surface area contributed by atoms with Crippen LogP contribution in [0.2, 0.25) is 4.34 Å². The molecule has 1 aromatic heterocycles. The van der Waals surface area contributed by atoms with Crippen LogP contribution in [-0.2, 0) is 14.8 Å². The summed E-state index contributed by atoms with van der Waals surface area (Å²) in [7, 11) is -3.75. The van der Waals surface area contributed by atoms with E-state index in [4.69, 9.17) is 16.7 Å². The average molecular weight is 270 g/mol. The number of rotatable bonds is 4. The number of sulfonamides is 1. The summed E-state index contributed by atoms with van der Waals surface area (Å²) in [6.45, 7) is 1.03. The minimum Gasteiger partial charge on any atom is -0.480 e. The van der Waals surface area contributed by atoms with E-state index in [0.29, 0.717) is 9.90 Å². The number of hydrogen-bond acceptors (Lipinski definition) is 4. The minimum atomic E-state index is -3.75. The van der Waals surface area contributed by atoms with Gasteiger partial charge in [0.15, 0.2) is 0 Å². The average Bonchev–Trinajstić information content (AvgIpc) is 2.45. The zero-order valence-electron chi connectivity index (χ0n) is 7.65. The van der Waals surface area contributed by atoms with Gasteiger partial charge in [-0.1, -0.05) is 11.6 Å². The van der Waals surface area contributed by atoms with Crippen molar-refractivity contribution in [1.29, 1.82) is 0 Å². The van der Waals surface area contributed by atoms with E-state index in [0.717, 1.165) is 11.3 Å². The predicted octanol–water partition coefficient (Wildman–Crippen LogP) is 1.07. The Kier molecular flexibility index (Phi) is 3.72. The Balaban J connectivity index is 2.91. The summed E-state index contributed by atoms with van der Waals surface area (Å²) in [6.07, 6.45) is 0. The zero-order chi connectivity index (χ0) is 11.6. The number of carbonyl (C=O) groups is 1. The second-order valence-electron chi connectivity index (χ2n) is 2.74. The normalized spacial score (nSPS) is 11.6. The molecule has 0 bridgehead atoms. The van der Waals surface area contributed by atoms with Crippen molar-refractivity contribution in [2.75, 3.05) is 6.54 Å². The highest BCUT2D eigenvalue weighted by Crippen LogP contribution is 2.29. The molecule has 0 fully saturated rings. The zero-order valence-corrected chi connectivity index (χ0v) is 10.0. The van der Waals surface area contributed by atoms with Crippen LogP contribution in [0.5, 0.6) is 0 Å². The molecule has 84 valence electrons. The lowest BCUT2D eigenvalue weighted by Crippen LogP contribution is -2.28. The third kappa shape index (κ3) is 3.16. The summed E-state index contributed by atoms with van der Waals surface area (Å²) in [4.78, 5) is 10.2. The molecule has 0 aliphatic heterocycles. The van der Waals surface area contributed by atoms with Gasteiger partial charge >= 0.3 is 5.97 Å². The Morgan fingerprint density at radius 3 is 2.67 bits per heavy atom. The third-order valence-electron chi connectivity index (χ3n) is 1.51. The Hall–Kier alpha value is -0.630. The summed E-state index contributed by atoms with van der Waals surface area (Å²) < 4.78 is 25.3. The molecule has 15 heavy (non-hydrogen) atoms. The van der Waals surface area contributed by atoms with Crippen molar-refractivity contribution < 1.29 is 18.3 Å². The molecular formula is C7H8ClNO4S2. The number of aryl methyl sites for hydroxylation is 1. The molecule has 5 nitrogen and oxygen atoms in total. The number of hydrogen-bond donors (Lipinski definition) is 2. The summed E-state index contributed by atoms with van der Waals surface area (Å²) in [5, 5.41) is 8.33. The number of carboxylic acid groups (broad SMARTS) is 1. The molecule has 1 rings (SSSR count). The highest BCUT2D eigenvalue weighted by atomic mass is 35.5. The molecule has 0 saturated carbocycles. The monoisotopic (exact) mass is 269 g/mol. The SMILES string of the molecule is Cc1cc(S(=O)(=O)NCC(=O)O)sc1Cl. The minimum absolute atomic E-state index is 0.0197. The standard InChI is InChI=1S/C7H8ClNO4S2/c1-4-2-6(14-7(4)8)15(12,13)9-3-5(10)11/h2,9H,3H2,1H3,(H,10,11). The van der Waals surface area contributed by atoms with Gasteiger partial charge in [-0.2, -0.15) is 4.72 Å². The molecule has 0 radical (unpaired) electrons. The van der Waals surface area contributed by atoms with Crippen molar-refractivity contribution in [3.8, 4) is 0 Å². The predicted molar refractivity (Wildman–Crippen MR) is 56.9 cm³/mol. The van der Waals surface area contributed by atoms with Gasteiger partial charge in [0.05, 0.1) is 4.34 Å². The molecule has 8 heteroatoms. The first-order valence-electron chi connectivity index (χ1n) is 3.80. The van der Waals surface area contributed by atoms with Crippen molar-refractivity contribution in [3.05, 3.63) is 16.0 Å². The van der Waals surface area contributed by atoms with E-state index in [1.807, 2.05) is 4.72 Å². The van der Waals surface area contributed by atoms with Gasteiger partial charge in [0.25, 0.3) is 10.0 Å². The first kappa shape index (κ1) is 12.4. The van der Waals surface area contributed by atoms with Crippen molar-refractivity contribution in [2.45, 2.75) is 11.1 Å². The van der Waals surface area contributed by atoms with Crippen LogP contribution < -0.4 is 4.72 Å². The maximum Gasteiger partial charge on any atom is 0.318 e. The summed E-state index contributed by atoms with van der Waals surface area (Å²) >= 11 is 6.60. The Morgan fingerprint density at radius 1 is 1.67 bits per heavy atom. The molecule has 0 atom stereocenters. The molecule has 0 unspecified atom stereocenters. The van der Waals surface area contributed by atoms with E-state index < -0.39 is 22.5 Å². The number of nitrogens with one attached hydrogen (secondary N) is 1. The molecular weight excluding hydrogens is 262 g/mol. The number of thiophene rings is 1. The highest BCUT2D eigenvalue weighted by molar-refractivity contribution is 7.91. The number of carboxylic acids is 1. The van der Waals surface area contributed by atoms with E-state index in [-0.39, 0.29) is 4.21 Å². The lowest BCUT2D eigenvalue weighted by atomic mass is 10.4. The van der Waals surface area contributed by atoms with Gasteiger partial charge in [0, 0.05) is 0 Å². The molecule has 1 heterocycles. The lowest BCUT2D eigenvalue weighted by Gasteiger charge is -2.00. The summed E-state index contributed by atoms with van der Waals surface area (Å²) in [6, 6.07) is 1.40. The van der Waals surface area contributed by atoms with Gasteiger partial charge in [-0.15, -0.1) is 11.3 Å². The van der Waals surface area contributed by atoms with Crippen LogP contribution in [-0.4, -0.2) is 26.0 Å². The fourth-order valence-corrected chi connectivity index (χ4v) is 3.52. The van der Waals surface area contributed by atoms with Crippen LogP contribution in [0.1, 0.15) is 5.56 Å². The molecule has 0 saturated heterocycles. The van der Waals surface area contributed by atoms with Crippen LogP contribution in [0.3, 0.4) is 0 Å². The molecule has 0 aliphatic rings. The topological polar surface area (TPSA) is 83.5 Å². The molecule has 0 spiro atoms. The van der Waals surface area contributed by atoms with Crippen LogP contribution in [0.25, 0.3) is 0 Å². The first-order valence-corrected chi connectivity index (χ1v) is 6.48. The quantitative estimate of drug-likeness (QED) is 0.857. The van der Waals surface area contributed by atoms with Crippen molar-refractivity contribution >= 4 is 38.9 Å². The highest BCUT2D eigenvalue weighted by Gasteiger charge is 2.18. The Morgan fingerprint density at radius 2 is 2.27 bits per heavy atom. The second kappa shape index (κ2) is 4.48. The molecule has 0 aromatic carbocycles. The summed E-state index contributed by atoms with van der Waals surface area (Å²) in [5.74, 6) is -1.24. The number of halogens is 1. The molecule has 1 aromatic rings. The molecule has 0 aliphatic carbocycles. The third-order valence-corrected chi connectivity index (χ3v) is 4.94. The smallest absolute Gasteiger partial charge is 0.318 e. The first-order chi connectivity index (χ1) is 6.83. The van der Waals surface area contributed by atoms with Gasteiger partial charge in [-0.25, -0.2) is 8.42 Å². The second-order valence-corrected chi connectivity index (χ2v) is 6.39. The van der Waals surface area contributed by atoms with Crippen LogP contribution in [0, 0.1) is 6.92 Å². The Labute approximate surface area is 95.7 Å². The van der Waals surface area contributed by atoms with Gasteiger partial charge < -0.3 is 5.11 Å². The Bertz CT molecular complexity index is 460. The molecule has 2 N–H and O–H groups in total. The van der Waals surface area contributed by atoms with Gasteiger partial charge in [0.1, 0.15) is 10.8 Å². The van der Waals surface area contributed by atoms with E-state index in [1.54, 1.807) is 6.92 Å². The van der Waals surface area contributed by atoms with Gasteiger partial charge in [-0.3, -0.25) is 4.79 Å². The fraction of sp³-hybridized carbons (Fsp3) is 0.286. The maximum absolute atomic E-state index is 11.5. The van der Waals surface area contributed by atoms with Crippen molar-refractivity contribution in [2.24, 2.45) is 0 Å². The van der Waals surface area contributed by atoms with Gasteiger partial charge in [-0.05, 0) is 18.6 Å². The maximum atomic E-state index is 11.5. The largest absolute Gasteiger partial charge is 0.480 e. The van der Waals surface area contributed by atoms with Crippen molar-refractivity contribution in [3.63, 3.8) is 0 Å². The van der Waals surface area contributed by atoms with Crippen LogP contribution >= 0.6 is 22.9 Å².